The first-order valence-electron chi connectivity index (χ1n) is 8.08. The number of nitrogens with zero attached hydrogens (tertiary/aromatic N) is 3. The molecule has 2 heterocycles. The van der Waals surface area contributed by atoms with Crippen molar-refractivity contribution in [3.8, 4) is 5.69 Å². The molecule has 0 aliphatic carbocycles. The highest BCUT2D eigenvalue weighted by molar-refractivity contribution is 9.10. The lowest BCUT2D eigenvalue weighted by Crippen LogP contribution is -2.16. The summed E-state index contributed by atoms with van der Waals surface area (Å²) in [5.41, 5.74) is 10.4. The molecule has 2 aromatic carbocycles. The summed E-state index contributed by atoms with van der Waals surface area (Å²) < 4.78 is 2.74. The SMILES string of the molecule is NC(=O)c1ccc(Br)c(-n2cnc3cccnc32)c1Cc1ccccc1. The van der Waals surface area contributed by atoms with E-state index < -0.39 is 5.91 Å². The van der Waals surface area contributed by atoms with Gasteiger partial charge >= 0.3 is 0 Å². The van der Waals surface area contributed by atoms with Crippen LogP contribution in [0.25, 0.3) is 16.9 Å². The van der Waals surface area contributed by atoms with Gasteiger partial charge in [-0.3, -0.25) is 9.36 Å². The number of fused-ring (bicyclic) bond motifs is 1. The van der Waals surface area contributed by atoms with Gasteiger partial charge in [-0.25, -0.2) is 9.97 Å². The Bertz CT molecular complexity index is 1110. The van der Waals surface area contributed by atoms with Crippen LogP contribution in [0.3, 0.4) is 0 Å². The average molecular weight is 407 g/mol. The Labute approximate surface area is 158 Å². The predicted molar refractivity (Wildman–Crippen MR) is 104 cm³/mol. The van der Waals surface area contributed by atoms with Crippen LogP contribution in [0.4, 0.5) is 0 Å². The van der Waals surface area contributed by atoms with Gasteiger partial charge in [0.25, 0.3) is 0 Å². The van der Waals surface area contributed by atoms with E-state index in [1.165, 1.54) is 0 Å². The first-order valence-corrected chi connectivity index (χ1v) is 8.88. The second-order valence-electron chi connectivity index (χ2n) is 5.91. The highest BCUT2D eigenvalue weighted by Crippen LogP contribution is 2.31. The summed E-state index contributed by atoms with van der Waals surface area (Å²) in [5.74, 6) is -0.456. The molecule has 1 amide bonds. The smallest absolute Gasteiger partial charge is 0.249 e. The van der Waals surface area contributed by atoms with Crippen molar-refractivity contribution in [2.75, 3.05) is 0 Å². The van der Waals surface area contributed by atoms with Crippen molar-refractivity contribution in [1.82, 2.24) is 14.5 Å². The molecule has 4 rings (SSSR count). The maximum absolute atomic E-state index is 12.1. The molecule has 4 aromatic rings. The molecule has 5 nitrogen and oxygen atoms in total. The van der Waals surface area contributed by atoms with Gasteiger partial charge in [-0.2, -0.15) is 0 Å². The van der Waals surface area contributed by atoms with Gasteiger partial charge in [0.1, 0.15) is 11.8 Å². The van der Waals surface area contributed by atoms with E-state index >= 15 is 0 Å². The summed E-state index contributed by atoms with van der Waals surface area (Å²) in [6, 6.07) is 17.3. The van der Waals surface area contributed by atoms with Crippen LogP contribution in [0.15, 0.2) is 71.6 Å². The van der Waals surface area contributed by atoms with E-state index in [0.717, 1.165) is 32.5 Å². The number of aromatic nitrogens is 3. The van der Waals surface area contributed by atoms with Gasteiger partial charge < -0.3 is 5.73 Å². The minimum absolute atomic E-state index is 0.456. The van der Waals surface area contributed by atoms with Crippen molar-refractivity contribution in [2.24, 2.45) is 5.73 Å². The highest BCUT2D eigenvalue weighted by Gasteiger charge is 2.19. The predicted octanol–water partition coefficient (Wildman–Crippen LogP) is 3.87. The van der Waals surface area contributed by atoms with Gasteiger partial charge in [-0.1, -0.05) is 30.3 Å². The van der Waals surface area contributed by atoms with E-state index in [1.54, 1.807) is 18.6 Å². The molecule has 0 saturated heterocycles. The third-order valence-electron chi connectivity index (χ3n) is 4.27. The van der Waals surface area contributed by atoms with Crippen LogP contribution in [0, 0.1) is 0 Å². The molecule has 2 aromatic heterocycles. The summed E-state index contributed by atoms with van der Waals surface area (Å²) in [4.78, 5) is 20.9. The van der Waals surface area contributed by atoms with Crippen LogP contribution in [-0.4, -0.2) is 20.4 Å². The Morgan fingerprint density at radius 3 is 2.62 bits per heavy atom. The zero-order valence-corrected chi connectivity index (χ0v) is 15.3. The van der Waals surface area contributed by atoms with E-state index in [1.807, 2.05) is 53.1 Å². The van der Waals surface area contributed by atoms with Crippen molar-refractivity contribution in [2.45, 2.75) is 6.42 Å². The Morgan fingerprint density at radius 1 is 1.04 bits per heavy atom. The number of carbonyl (C=O) groups excluding carboxylic acids is 1. The van der Waals surface area contributed by atoms with Crippen LogP contribution < -0.4 is 5.73 Å². The number of rotatable bonds is 4. The van der Waals surface area contributed by atoms with Crippen LogP contribution in [-0.2, 0) is 6.42 Å². The molecule has 0 spiro atoms. The van der Waals surface area contributed by atoms with Gasteiger partial charge in [0.05, 0.1) is 5.69 Å². The molecule has 0 saturated carbocycles. The number of hydrogen-bond donors (Lipinski definition) is 1. The second-order valence-corrected chi connectivity index (χ2v) is 6.76. The quantitative estimate of drug-likeness (QED) is 0.558. The number of imidazole rings is 1. The highest BCUT2D eigenvalue weighted by atomic mass is 79.9. The number of amides is 1. The number of hydrogen-bond acceptors (Lipinski definition) is 3. The third-order valence-corrected chi connectivity index (χ3v) is 4.91. The first-order chi connectivity index (χ1) is 12.6. The number of carbonyl (C=O) groups is 1. The minimum atomic E-state index is -0.456. The van der Waals surface area contributed by atoms with Crippen LogP contribution >= 0.6 is 15.9 Å². The molecule has 0 aliphatic rings. The zero-order valence-electron chi connectivity index (χ0n) is 13.8. The van der Waals surface area contributed by atoms with Gasteiger partial charge in [0, 0.05) is 22.7 Å². The average Bonchev–Trinajstić information content (AvgIpc) is 3.06. The lowest BCUT2D eigenvalue weighted by atomic mass is 9.97. The van der Waals surface area contributed by atoms with Crippen LogP contribution in [0.1, 0.15) is 21.5 Å². The van der Waals surface area contributed by atoms with Gasteiger partial charge in [0.15, 0.2) is 5.65 Å². The minimum Gasteiger partial charge on any atom is -0.366 e. The summed E-state index contributed by atoms with van der Waals surface area (Å²) >= 11 is 3.62. The van der Waals surface area contributed by atoms with Crippen molar-refractivity contribution in [3.05, 3.63) is 88.3 Å². The molecule has 0 bridgehead atoms. The molecule has 0 aliphatic heterocycles. The maximum Gasteiger partial charge on any atom is 0.249 e. The van der Waals surface area contributed by atoms with Crippen molar-refractivity contribution in [3.63, 3.8) is 0 Å². The van der Waals surface area contributed by atoms with E-state index in [2.05, 4.69) is 25.9 Å². The van der Waals surface area contributed by atoms with Gasteiger partial charge in [-0.05, 0) is 51.3 Å². The lowest BCUT2D eigenvalue weighted by Gasteiger charge is -2.16. The number of nitrogens with two attached hydrogens (primary N) is 1. The Balaban J connectivity index is 1.99. The summed E-state index contributed by atoms with van der Waals surface area (Å²) in [6.07, 6.45) is 4.01. The number of primary amides is 1. The summed E-state index contributed by atoms with van der Waals surface area (Å²) in [5, 5.41) is 0. The topological polar surface area (TPSA) is 73.8 Å². The monoisotopic (exact) mass is 406 g/mol. The third kappa shape index (κ3) is 2.88. The molecule has 0 atom stereocenters. The van der Waals surface area contributed by atoms with Crippen molar-refractivity contribution in [1.29, 1.82) is 0 Å². The van der Waals surface area contributed by atoms with Gasteiger partial charge in [-0.15, -0.1) is 0 Å². The first kappa shape index (κ1) is 16.5. The lowest BCUT2D eigenvalue weighted by molar-refractivity contribution is 0.0999. The summed E-state index contributed by atoms with van der Waals surface area (Å²) in [7, 11) is 0. The molecule has 2 N–H and O–H groups in total. The molecule has 26 heavy (non-hydrogen) atoms. The van der Waals surface area contributed by atoms with Crippen LogP contribution in [0.2, 0.25) is 0 Å². The number of benzene rings is 2. The fourth-order valence-corrected chi connectivity index (χ4v) is 3.65. The second kappa shape index (κ2) is 6.72. The Hall–Kier alpha value is -2.99. The molecule has 128 valence electrons. The summed E-state index contributed by atoms with van der Waals surface area (Å²) in [6.45, 7) is 0. The molecule has 6 heteroatoms. The molecular formula is C20H15BrN4O. The van der Waals surface area contributed by atoms with Crippen LogP contribution in [0.5, 0.6) is 0 Å². The number of halogens is 1. The number of pyridine rings is 1. The molecule has 0 unspecified atom stereocenters. The zero-order chi connectivity index (χ0) is 18.1. The molecule has 0 fully saturated rings. The molecule has 0 radical (unpaired) electrons. The van der Waals surface area contributed by atoms with Crippen molar-refractivity contribution >= 4 is 33.0 Å². The fourth-order valence-electron chi connectivity index (χ4n) is 3.09. The largest absolute Gasteiger partial charge is 0.366 e. The maximum atomic E-state index is 12.1. The van der Waals surface area contributed by atoms with E-state index in [0.29, 0.717) is 12.0 Å². The Morgan fingerprint density at radius 2 is 1.85 bits per heavy atom. The molecular weight excluding hydrogens is 392 g/mol. The Kier molecular flexibility index (Phi) is 4.26. The van der Waals surface area contributed by atoms with E-state index in [9.17, 15) is 4.79 Å². The van der Waals surface area contributed by atoms with Crippen molar-refractivity contribution < 1.29 is 4.79 Å². The normalized spacial score (nSPS) is 11.0. The van der Waals surface area contributed by atoms with E-state index in [4.69, 9.17) is 5.73 Å². The standard InChI is InChI=1S/C20H15BrN4O/c21-16-9-8-14(19(22)26)15(11-13-5-2-1-3-6-13)18(16)25-12-24-17-7-4-10-23-20(17)25/h1-10,12H,11H2,(H2,22,26). The van der Waals surface area contributed by atoms with E-state index in [-0.39, 0.29) is 0 Å². The fraction of sp³-hybridized carbons (Fsp3) is 0.0500. The van der Waals surface area contributed by atoms with Gasteiger partial charge in [0.2, 0.25) is 5.91 Å².